The quantitative estimate of drug-likeness (QED) is 0.307. The van der Waals surface area contributed by atoms with Crippen LogP contribution in [0, 0.1) is 0 Å². The molecule has 0 aliphatic carbocycles. The van der Waals surface area contributed by atoms with Gasteiger partial charge in [-0.15, -0.1) is 13.2 Å². The van der Waals surface area contributed by atoms with E-state index in [0.29, 0.717) is 18.6 Å². The summed E-state index contributed by atoms with van der Waals surface area (Å²) in [5.41, 5.74) is 1.07. The molecule has 0 amide bonds. The number of esters is 1. The minimum Gasteiger partial charge on any atom is -0.513 e. The fourth-order valence-electron chi connectivity index (χ4n) is 1.63. The van der Waals surface area contributed by atoms with E-state index in [-0.39, 0.29) is 37.3 Å². The van der Waals surface area contributed by atoms with Crippen LogP contribution in [0.2, 0.25) is 0 Å². The van der Waals surface area contributed by atoms with E-state index < -0.39 is 0 Å². The molecule has 124 valence electrons. The normalized spacial score (nSPS) is 11.3. The molecule has 0 aliphatic rings. The average molecular weight is 308 g/mol. The first kappa shape index (κ1) is 20.0. The van der Waals surface area contributed by atoms with Crippen LogP contribution < -0.4 is 0 Å². The monoisotopic (exact) mass is 308 g/mol. The van der Waals surface area contributed by atoms with E-state index >= 15 is 0 Å². The van der Waals surface area contributed by atoms with Crippen LogP contribution in [-0.2, 0) is 14.3 Å². The molecule has 0 saturated carbocycles. The van der Waals surface area contributed by atoms with Crippen molar-refractivity contribution in [2.45, 2.75) is 51.6 Å². The van der Waals surface area contributed by atoms with E-state index in [1.807, 2.05) is 6.92 Å². The van der Waals surface area contributed by atoms with Crippen LogP contribution in [0.5, 0.6) is 0 Å². The topological polar surface area (TPSA) is 55.8 Å². The molecule has 0 bridgehead atoms. The smallest absolute Gasteiger partial charge is 0.306 e. The Morgan fingerprint density at radius 2 is 1.86 bits per heavy atom. The average Bonchev–Trinajstić information content (AvgIpc) is 2.45. The zero-order valence-corrected chi connectivity index (χ0v) is 13.6. The molecular weight excluding hydrogens is 280 g/mol. The third kappa shape index (κ3) is 11.8. The first-order valence-electron chi connectivity index (χ1n) is 7.47. The predicted molar refractivity (Wildman–Crippen MR) is 89.5 cm³/mol. The minimum absolute atomic E-state index is 0.0235. The molecule has 0 heterocycles. The molecule has 4 nitrogen and oxygen atoms in total. The summed E-state index contributed by atoms with van der Waals surface area (Å²) in [6.07, 6.45) is 4.88. The molecule has 22 heavy (non-hydrogen) atoms. The second kappa shape index (κ2) is 11.7. The summed E-state index contributed by atoms with van der Waals surface area (Å²) in [6, 6.07) is 0. The van der Waals surface area contributed by atoms with Gasteiger partial charge in [0, 0.05) is 12.8 Å². The van der Waals surface area contributed by atoms with Crippen LogP contribution in [0.25, 0.3) is 0 Å². The summed E-state index contributed by atoms with van der Waals surface area (Å²) in [6.45, 7) is 16.9. The molecule has 0 radical (unpaired) electrons. The molecule has 0 aromatic heterocycles. The zero-order chi connectivity index (χ0) is 17.0. The van der Waals surface area contributed by atoms with Crippen molar-refractivity contribution >= 4 is 5.97 Å². The van der Waals surface area contributed by atoms with Gasteiger partial charge < -0.3 is 14.6 Å². The molecule has 0 fully saturated rings. The molecule has 1 atom stereocenters. The maximum atomic E-state index is 11.5. The van der Waals surface area contributed by atoms with Crippen molar-refractivity contribution in [3.05, 3.63) is 49.5 Å². The molecule has 1 N–H and O–H groups in total. The highest BCUT2D eigenvalue weighted by atomic mass is 16.6. The molecule has 1 unspecified atom stereocenters. The van der Waals surface area contributed by atoms with Crippen LogP contribution >= 0.6 is 0 Å². The summed E-state index contributed by atoms with van der Waals surface area (Å²) in [5, 5.41) is 8.96. The largest absolute Gasteiger partial charge is 0.513 e. The van der Waals surface area contributed by atoms with E-state index in [0.717, 1.165) is 18.4 Å². The predicted octanol–water partition coefficient (Wildman–Crippen LogP) is 4.60. The van der Waals surface area contributed by atoms with Gasteiger partial charge in [0.2, 0.25) is 0 Å². The van der Waals surface area contributed by atoms with E-state index in [9.17, 15) is 4.79 Å². The number of aliphatic hydroxyl groups is 1. The lowest BCUT2D eigenvalue weighted by molar-refractivity contribution is -0.147. The third-order valence-corrected chi connectivity index (χ3v) is 2.90. The summed E-state index contributed by atoms with van der Waals surface area (Å²) in [7, 11) is 0. The Kier molecular flexibility index (Phi) is 10.6. The summed E-state index contributed by atoms with van der Waals surface area (Å²) in [5.74, 6) is 0.261. The highest BCUT2D eigenvalue weighted by molar-refractivity contribution is 5.69. The van der Waals surface area contributed by atoms with Crippen LogP contribution in [0.15, 0.2) is 49.5 Å². The third-order valence-electron chi connectivity index (χ3n) is 2.90. The van der Waals surface area contributed by atoms with Gasteiger partial charge in [0.05, 0.1) is 17.9 Å². The number of aliphatic hydroxyl groups excluding tert-OH is 1. The van der Waals surface area contributed by atoms with Gasteiger partial charge in [0.25, 0.3) is 0 Å². The Hall–Kier alpha value is -1.97. The van der Waals surface area contributed by atoms with Crippen LogP contribution in [0.4, 0.5) is 0 Å². The van der Waals surface area contributed by atoms with Gasteiger partial charge in [-0.1, -0.05) is 24.8 Å². The van der Waals surface area contributed by atoms with E-state index in [2.05, 4.69) is 26.3 Å². The first-order chi connectivity index (χ1) is 10.3. The van der Waals surface area contributed by atoms with E-state index in [4.69, 9.17) is 14.6 Å². The van der Waals surface area contributed by atoms with Crippen molar-refractivity contribution in [1.82, 2.24) is 0 Å². The van der Waals surface area contributed by atoms with Crippen molar-refractivity contribution in [2.75, 3.05) is 6.61 Å². The maximum Gasteiger partial charge on any atom is 0.306 e. The first-order valence-corrected chi connectivity index (χ1v) is 7.47. The van der Waals surface area contributed by atoms with Crippen molar-refractivity contribution in [2.24, 2.45) is 0 Å². The molecule has 0 aliphatic heterocycles. The van der Waals surface area contributed by atoms with Gasteiger partial charge in [-0.05, 0) is 26.2 Å². The molecule has 4 heteroatoms. The van der Waals surface area contributed by atoms with E-state index in [1.54, 1.807) is 6.08 Å². The van der Waals surface area contributed by atoms with E-state index in [1.165, 1.54) is 0 Å². The molecule has 0 spiro atoms. The lowest BCUT2D eigenvalue weighted by atomic mass is 10.1. The number of carbonyl (C=O) groups excluding carboxylic acids is 1. The van der Waals surface area contributed by atoms with Gasteiger partial charge in [0.15, 0.2) is 0 Å². The fraction of sp³-hybridized carbons (Fsp3) is 0.500. The highest BCUT2D eigenvalue weighted by Gasteiger charge is 2.14. The van der Waals surface area contributed by atoms with Crippen molar-refractivity contribution in [3.63, 3.8) is 0 Å². The van der Waals surface area contributed by atoms with Crippen LogP contribution in [0.3, 0.4) is 0 Å². The van der Waals surface area contributed by atoms with Crippen molar-refractivity contribution in [1.29, 1.82) is 0 Å². The van der Waals surface area contributed by atoms with Crippen molar-refractivity contribution < 1.29 is 19.4 Å². The minimum atomic E-state index is -0.380. The van der Waals surface area contributed by atoms with Crippen molar-refractivity contribution in [3.8, 4) is 0 Å². The summed E-state index contributed by atoms with van der Waals surface area (Å²) in [4.78, 5) is 11.5. The lowest BCUT2D eigenvalue weighted by Gasteiger charge is -2.20. The van der Waals surface area contributed by atoms with Gasteiger partial charge in [-0.2, -0.15) is 0 Å². The number of rotatable bonds is 13. The number of carbonyl (C=O) groups is 1. The van der Waals surface area contributed by atoms with Gasteiger partial charge in [-0.25, -0.2) is 0 Å². The number of hydrogen-bond donors (Lipinski definition) is 1. The Bertz CT molecular complexity index is 409. The van der Waals surface area contributed by atoms with Gasteiger partial charge >= 0.3 is 5.97 Å². The highest BCUT2D eigenvalue weighted by Crippen LogP contribution is 2.15. The standard InChI is InChI=1S/C18H28O4/c1-6-7-8-17(22-16(5)11-9-14(2)3)13-21-18(20)12-10-15(4)19/h6,17,19H,1-2,4-5,7-13H2,3H3. The molecular formula is C18H28O4. The summed E-state index contributed by atoms with van der Waals surface area (Å²) >= 11 is 0. The molecule has 0 aromatic rings. The Balaban J connectivity index is 4.23. The maximum absolute atomic E-state index is 11.5. The van der Waals surface area contributed by atoms with Crippen LogP contribution in [-0.4, -0.2) is 23.8 Å². The number of ether oxygens (including phenoxy) is 2. The summed E-state index contributed by atoms with van der Waals surface area (Å²) < 4.78 is 10.9. The van der Waals surface area contributed by atoms with Gasteiger partial charge in [0.1, 0.15) is 12.7 Å². The number of hydrogen-bond acceptors (Lipinski definition) is 4. The molecule has 0 saturated heterocycles. The Morgan fingerprint density at radius 1 is 1.18 bits per heavy atom. The second-order valence-corrected chi connectivity index (χ2v) is 5.35. The van der Waals surface area contributed by atoms with Gasteiger partial charge in [-0.3, -0.25) is 4.79 Å². The molecule has 0 rings (SSSR count). The second-order valence-electron chi connectivity index (χ2n) is 5.35. The Labute approximate surface area is 133 Å². The number of allylic oxidation sites excluding steroid dienone is 4. The lowest BCUT2D eigenvalue weighted by Crippen LogP contribution is -2.22. The SMILES string of the molecule is C=CCCC(COC(=O)CCC(=C)O)OC(=C)CCC(=C)C. The Morgan fingerprint density at radius 3 is 2.41 bits per heavy atom. The molecule has 0 aromatic carbocycles. The fourth-order valence-corrected chi connectivity index (χ4v) is 1.63. The van der Waals surface area contributed by atoms with Crippen LogP contribution in [0.1, 0.15) is 45.4 Å². The zero-order valence-electron chi connectivity index (χ0n) is 13.6.